The summed E-state index contributed by atoms with van der Waals surface area (Å²) in [6, 6.07) is 1.03. The first-order valence-electron chi connectivity index (χ1n) is 3.21. The van der Waals surface area contributed by atoms with E-state index in [0.29, 0.717) is 0 Å². The second kappa shape index (κ2) is 1.22. The zero-order valence-corrected chi connectivity index (χ0v) is 4.56. The standard InChI is InChI=1S/C6H11N/c1-2-6(3-1)7-4-5-7/h6H,1-5H2. The minimum absolute atomic E-state index is 1.03. The van der Waals surface area contributed by atoms with Crippen molar-refractivity contribution >= 4 is 0 Å². The van der Waals surface area contributed by atoms with E-state index in [9.17, 15) is 0 Å². The molecule has 2 aliphatic rings. The molecule has 1 heteroatoms. The van der Waals surface area contributed by atoms with Crippen molar-refractivity contribution < 1.29 is 0 Å². The summed E-state index contributed by atoms with van der Waals surface area (Å²) in [7, 11) is 0. The Kier molecular flexibility index (Phi) is 0.680. The molecular formula is C6H11N. The summed E-state index contributed by atoms with van der Waals surface area (Å²) in [5, 5.41) is 0. The van der Waals surface area contributed by atoms with Gasteiger partial charge in [-0.3, -0.25) is 4.90 Å². The van der Waals surface area contributed by atoms with Gasteiger partial charge in [-0.1, -0.05) is 6.42 Å². The number of hydrogen-bond donors (Lipinski definition) is 0. The van der Waals surface area contributed by atoms with Gasteiger partial charge in [-0.2, -0.15) is 0 Å². The van der Waals surface area contributed by atoms with Gasteiger partial charge in [-0.25, -0.2) is 0 Å². The Bertz CT molecular complexity index is 72.2. The monoisotopic (exact) mass is 97.1 g/mol. The SMILES string of the molecule is C1CC(N2CC2)C1. The highest BCUT2D eigenvalue weighted by Crippen LogP contribution is 2.28. The average molecular weight is 97.2 g/mol. The van der Waals surface area contributed by atoms with Crippen LogP contribution in [0.25, 0.3) is 0 Å². The van der Waals surface area contributed by atoms with Gasteiger partial charge in [0.2, 0.25) is 0 Å². The molecule has 0 bridgehead atoms. The molecule has 0 radical (unpaired) electrons. The van der Waals surface area contributed by atoms with E-state index in [1.807, 2.05) is 0 Å². The molecule has 2 fully saturated rings. The molecule has 0 N–H and O–H groups in total. The van der Waals surface area contributed by atoms with Crippen LogP contribution >= 0.6 is 0 Å². The Hall–Kier alpha value is -0.0400. The highest BCUT2D eigenvalue weighted by molar-refractivity contribution is 4.87. The lowest BCUT2D eigenvalue weighted by Crippen LogP contribution is -2.26. The van der Waals surface area contributed by atoms with Gasteiger partial charge in [0.15, 0.2) is 0 Å². The van der Waals surface area contributed by atoms with Crippen LogP contribution in [0.3, 0.4) is 0 Å². The summed E-state index contributed by atoms with van der Waals surface area (Å²) < 4.78 is 0. The third-order valence-electron chi connectivity index (χ3n) is 2.07. The Labute approximate surface area is 44.3 Å². The minimum atomic E-state index is 1.03. The fourth-order valence-electron chi connectivity index (χ4n) is 1.17. The van der Waals surface area contributed by atoms with Crippen LogP contribution in [0.4, 0.5) is 0 Å². The van der Waals surface area contributed by atoms with Crippen molar-refractivity contribution in [3.05, 3.63) is 0 Å². The van der Waals surface area contributed by atoms with Gasteiger partial charge in [0, 0.05) is 19.1 Å². The van der Waals surface area contributed by atoms with E-state index in [-0.39, 0.29) is 0 Å². The molecule has 7 heavy (non-hydrogen) atoms. The molecule has 0 aromatic carbocycles. The first kappa shape index (κ1) is 3.90. The maximum Gasteiger partial charge on any atom is 0.0113 e. The number of nitrogens with zero attached hydrogens (tertiary/aromatic N) is 1. The maximum atomic E-state index is 2.56. The summed E-state index contributed by atoms with van der Waals surface area (Å²) in [5.74, 6) is 0. The Morgan fingerprint density at radius 1 is 1.14 bits per heavy atom. The summed E-state index contributed by atoms with van der Waals surface area (Å²) in [4.78, 5) is 2.56. The zero-order chi connectivity index (χ0) is 4.69. The Morgan fingerprint density at radius 2 is 1.86 bits per heavy atom. The molecule has 1 aliphatic heterocycles. The lowest BCUT2D eigenvalue weighted by Gasteiger charge is -2.26. The van der Waals surface area contributed by atoms with Crippen LogP contribution in [0.5, 0.6) is 0 Å². The number of hydrogen-bond acceptors (Lipinski definition) is 1. The molecule has 2 rings (SSSR count). The molecule has 0 amide bonds. The molecular weight excluding hydrogens is 86.1 g/mol. The van der Waals surface area contributed by atoms with Gasteiger partial charge in [-0.15, -0.1) is 0 Å². The fourth-order valence-corrected chi connectivity index (χ4v) is 1.17. The number of rotatable bonds is 1. The van der Waals surface area contributed by atoms with Crippen LogP contribution in [-0.4, -0.2) is 24.0 Å². The maximum absolute atomic E-state index is 2.56. The van der Waals surface area contributed by atoms with Gasteiger partial charge in [-0.05, 0) is 12.8 Å². The molecule has 0 aromatic rings. The summed E-state index contributed by atoms with van der Waals surface area (Å²) in [5.41, 5.74) is 0. The van der Waals surface area contributed by atoms with Crippen LogP contribution in [-0.2, 0) is 0 Å². The normalized spacial score (nSPS) is 32.6. The largest absolute Gasteiger partial charge is 0.298 e. The van der Waals surface area contributed by atoms with E-state index in [4.69, 9.17) is 0 Å². The summed E-state index contributed by atoms with van der Waals surface area (Å²) in [6.45, 7) is 2.79. The first-order valence-corrected chi connectivity index (χ1v) is 3.21. The van der Waals surface area contributed by atoms with Crippen molar-refractivity contribution in [3.63, 3.8) is 0 Å². The van der Waals surface area contributed by atoms with Gasteiger partial charge < -0.3 is 0 Å². The van der Waals surface area contributed by atoms with E-state index in [2.05, 4.69) is 4.90 Å². The van der Waals surface area contributed by atoms with E-state index in [1.165, 1.54) is 32.4 Å². The van der Waals surface area contributed by atoms with Crippen molar-refractivity contribution in [2.24, 2.45) is 0 Å². The second-order valence-corrected chi connectivity index (χ2v) is 2.62. The predicted molar refractivity (Wildman–Crippen MR) is 29.2 cm³/mol. The topological polar surface area (TPSA) is 3.01 Å². The van der Waals surface area contributed by atoms with E-state index in [0.717, 1.165) is 6.04 Å². The van der Waals surface area contributed by atoms with Crippen LogP contribution in [0.1, 0.15) is 19.3 Å². The highest BCUT2D eigenvalue weighted by atomic mass is 15.3. The molecule has 0 atom stereocenters. The fraction of sp³-hybridized carbons (Fsp3) is 1.00. The Balaban J connectivity index is 1.83. The molecule has 0 aromatic heterocycles. The molecule has 1 aliphatic carbocycles. The molecule has 1 saturated carbocycles. The second-order valence-electron chi connectivity index (χ2n) is 2.62. The predicted octanol–water partition coefficient (Wildman–Crippen LogP) is 0.855. The minimum Gasteiger partial charge on any atom is -0.298 e. The van der Waals surface area contributed by atoms with Crippen LogP contribution in [0, 0.1) is 0 Å². The molecule has 0 unspecified atom stereocenters. The van der Waals surface area contributed by atoms with Crippen molar-refractivity contribution in [1.29, 1.82) is 0 Å². The van der Waals surface area contributed by atoms with Crippen LogP contribution < -0.4 is 0 Å². The van der Waals surface area contributed by atoms with Crippen LogP contribution in [0.15, 0.2) is 0 Å². The average Bonchev–Trinajstić information content (AvgIpc) is 2.10. The molecule has 0 spiro atoms. The third-order valence-corrected chi connectivity index (χ3v) is 2.07. The van der Waals surface area contributed by atoms with Crippen molar-refractivity contribution in [2.45, 2.75) is 25.3 Å². The molecule has 40 valence electrons. The lowest BCUT2D eigenvalue weighted by molar-refractivity contribution is 0.260. The molecule has 1 saturated heterocycles. The Morgan fingerprint density at radius 3 is 2.00 bits per heavy atom. The van der Waals surface area contributed by atoms with Gasteiger partial charge in [0.1, 0.15) is 0 Å². The van der Waals surface area contributed by atoms with Crippen molar-refractivity contribution in [2.75, 3.05) is 13.1 Å². The van der Waals surface area contributed by atoms with E-state index < -0.39 is 0 Å². The zero-order valence-electron chi connectivity index (χ0n) is 4.56. The van der Waals surface area contributed by atoms with E-state index >= 15 is 0 Å². The summed E-state index contributed by atoms with van der Waals surface area (Å²) >= 11 is 0. The summed E-state index contributed by atoms with van der Waals surface area (Å²) in [6.07, 6.45) is 4.46. The first-order chi connectivity index (χ1) is 3.47. The van der Waals surface area contributed by atoms with Gasteiger partial charge in [0.25, 0.3) is 0 Å². The third kappa shape index (κ3) is 0.556. The van der Waals surface area contributed by atoms with Gasteiger partial charge >= 0.3 is 0 Å². The van der Waals surface area contributed by atoms with Crippen molar-refractivity contribution in [3.8, 4) is 0 Å². The van der Waals surface area contributed by atoms with Crippen molar-refractivity contribution in [1.82, 2.24) is 4.90 Å². The quantitative estimate of drug-likeness (QED) is 0.438. The molecule has 1 nitrogen and oxygen atoms in total. The van der Waals surface area contributed by atoms with Crippen LogP contribution in [0.2, 0.25) is 0 Å². The van der Waals surface area contributed by atoms with E-state index in [1.54, 1.807) is 0 Å². The van der Waals surface area contributed by atoms with Gasteiger partial charge in [0.05, 0.1) is 0 Å². The lowest BCUT2D eigenvalue weighted by atomic mass is 9.93. The highest BCUT2D eigenvalue weighted by Gasteiger charge is 2.31. The smallest absolute Gasteiger partial charge is 0.0113 e. The molecule has 1 heterocycles.